The van der Waals surface area contributed by atoms with Gasteiger partial charge < -0.3 is 24.8 Å². The molecular weight excluding hydrogens is 300 g/mol. The van der Waals surface area contributed by atoms with Crippen molar-refractivity contribution in [2.45, 2.75) is 45.5 Å². The molecule has 1 aromatic carbocycles. The molecule has 0 unspecified atom stereocenters. The third-order valence-electron chi connectivity index (χ3n) is 4.46. The standard InChI is InChI=1S/C17H22O6/c1-8-6-11(18)9(2)12(7-8)23-14-10(3)13(19)15(20)17(4,22-5)16(14)21/h6-7,15-16,18,20-21H,1-5H3/t15-,16+,17+/m1/s1. The van der Waals surface area contributed by atoms with Gasteiger partial charge in [-0.1, -0.05) is 0 Å². The molecule has 0 aliphatic heterocycles. The van der Waals surface area contributed by atoms with E-state index in [-0.39, 0.29) is 17.1 Å². The minimum absolute atomic E-state index is 0.0118. The Bertz CT molecular complexity index is 678. The second-order valence-electron chi connectivity index (χ2n) is 6.06. The predicted molar refractivity (Wildman–Crippen MR) is 83.3 cm³/mol. The van der Waals surface area contributed by atoms with Gasteiger partial charge in [0.1, 0.15) is 35.1 Å². The molecule has 3 atom stereocenters. The SMILES string of the molecule is CO[C@@]1(C)[C@H](O)C(=O)C(C)=C(Oc2cc(C)cc(O)c2C)[C@@H]1O. The Labute approximate surface area is 135 Å². The number of carbonyl (C=O) groups is 1. The molecule has 1 aliphatic carbocycles. The fourth-order valence-electron chi connectivity index (χ4n) is 2.59. The van der Waals surface area contributed by atoms with E-state index in [0.29, 0.717) is 11.3 Å². The molecule has 0 amide bonds. The predicted octanol–water partition coefficient (Wildman–Crippen LogP) is 1.37. The van der Waals surface area contributed by atoms with Crippen molar-refractivity contribution < 1.29 is 29.6 Å². The van der Waals surface area contributed by atoms with Crippen LogP contribution in [0.5, 0.6) is 11.5 Å². The van der Waals surface area contributed by atoms with Crippen molar-refractivity contribution in [3.8, 4) is 11.5 Å². The molecule has 3 N–H and O–H groups in total. The van der Waals surface area contributed by atoms with Crippen LogP contribution in [0, 0.1) is 13.8 Å². The number of benzene rings is 1. The summed E-state index contributed by atoms with van der Waals surface area (Å²) in [7, 11) is 1.31. The van der Waals surface area contributed by atoms with Crippen molar-refractivity contribution in [2.24, 2.45) is 0 Å². The van der Waals surface area contributed by atoms with Crippen molar-refractivity contribution in [1.82, 2.24) is 0 Å². The van der Waals surface area contributed by atoms with Crippen molar-refractivity contribution in [3.05, 3.63) is 34.6 Å². The van der Waals surface area contributed by atoms with Gasteiger partial charge in [0.25, 0.3) is 0 Å². The number of hydrogen-bond donors (Lipinski definition) is 3. The van der Waals surface area contributed by atoms with Crippen LogP contribution in [-0.4, -0.2) is 46.0 Å². The van der Waals surface area contributed by atoms with Crippen LogP contribution in [0.15, 0.2) is 23.5 Å². The average molecular weight is 322 g/mol. The third-order valence-corrected chi connectivity index (χ3v) is 4.46. The molecule has 126 valence electrons. The summed E-state index contributed by atoms with van der Waals surface area (Å²) >= 11 is 0. The van der Waals surface area contributed by atoms with E-state index < -0.39 is 23.6 Å². The minimum atomic E-state index is -1.51. The smallest absolute Gasteiger partial charge is 0.193 e. The lowest BCUT2D eigenvalue weighted by Crippen LogP contribution is -2.59. The van der Waals surface area contributed by atoms with Gasteiger partial charge in [-0.25, -0.2) is 0 Å². The van der Waals surface area contributed by atoms with Crippen LogP contribution in [0.2, 0.25) is 0 Å². The maximum Gasteiger partial charge on any atom is 0.193 e. The zero-order valence-electron chi connectivity index (χ0n) is 13.9. The van der Waals surface area contributed by atoms with Crippen LogP contribution in [0.25, 0.3) is 0 Å². The number of aromatic hydroxyl groups is 1. The van der Waals surface area contributed by atoms with Gasteiger partial charge in [-0.15, -0.1) is 0 Å². The summed E-state index contributed by atoms with van der Waals surface area (Å²) in [5.41, 5.74) is -0.126. The van der Waals surface area contributed by atoms with Gasteiger partial charge in [0.15, 0.2) is 5.78 Å². The normalized spacial score (nSPS) is 28.2. The first-order valence-electron chi connectivity index (χ1n) is 7.27. The van der Waals surface area contributed by atoms with Gasteiger partial charge in [0.05, 0.1) is 0 Å². The van der Waals surface area contributed by atoms with Crippen LogP contribution >= 0.6 is 0 Å². The number of phenolic OH excluding ortho intramolecular Hbond substituents is 1. The molecule has 0 saturated carbocycles. The molecule has 1 aromatic rings. The molecule has 0 radical (unpaired) electrons. The van der Waals surface area contributed by atoms with Crippen molar-refractivity contribution in [2.75, 3.05) is 7.11 Å². The molecule has 0 bridgehead atoms. The second kappa shape index (κ2) is 5.96. The molecule has 1 aliphatic rings. The summed E-state index contributed by atoms with van der Waals surface area (Å²) in [6, 6.07) is 3.29. The monoisotopic (exact) mass is 322 g/mol. The Hall–Kier alpha value is -1.89. The lowest BCUT2D eigenvalue weighted by Gasteiger charge is -2.41. The fourth-order valence-corrected chi connectivity index (χ4v) is 2.59. The van der Waals surface area contributed by atoms with E-state index in [1.54, 1.807) is 26.0 Å². The number of aliphatic hydroxyl groups is 2. The first-order valence-corrected chi connectivity index (χ1v) is 7.27. The number of hydrogen-bond acceptors (Lipinski definition) is 6. The Morgan fingerprint density at radius 2 is 1.74 bits per heavy atom. The van der Waals surface area contributed by atoms with E-state index in [0.717, 1.165) is 5.56 Å². The topological polar surface area (TPSA) is 96.2 Å². The van der Waals surface area contributed by atoms with Crippen LogP contribution in [-0.2, 0) is 9.53 Å². The van der Waals surface area contributed by atoms with Gasteiger partial charge in [-0.3, -0.25) is 4.79 Å². The van der Waals surface area contributed by atoms with E-state index in [9.17, 15) is 20.1 Å². The van der Waals surface area contributed by atoms with Gasteiger partial charge in [0, 0.05) is 18.2 Å². The molecule has 0 spiro atoms. The van der Waals surface area contributed by atoms with Crippen LogP contribution in [0.3, 0.4) is 0 Å². The zero-order valence-corrected chi connectivity index (χ0v) is 13.9. The number of rotatable bonds is 3. The maximum absolute atomic E-state index is 12.2. The van der Waals surface area contributed by atoms with Crippen molar-refractivity contribution in [3.63, 3.8) is 0 Å². The summed E-state index contributed by atoms with van der Waals surface area (Å²) in [6.45, 7) is 6.38. The van der Waals surface area contributed by atoms with E-state index in [1.807, 2.05) is 0 Å². The first-order chi connectivity index (χ1) is 10.6. The number of methoxy groups -OCH3 is 1. The minimum Gasteiger partial charge on any atom is -0.508 e. The highest BCUT2D eigenvalue weighted by Crippen LogP contribution is 2.37. The molecule has 0 saturated heterocycles. The summed E-state index contributed by atoms with van der Waals surface area (Å²) in [6.07, 6.45) is -2.82. The van der Waals surface area contributed by atoms with Crippen molar-refractivity contribution in [1.29, 1.82) is 0 Å². The van der Waals surface area contributed by atoms with E-state index in [1.165, 1.54) is 21.0 Å². The number of phenols is 1. The average Bonchev–Trinajstić information content (AvgIpc) is 2.52. The number of aryl methyl sites for hydroxylation is 1. The molecule has 0 heterocycles. The van der Waals surface area contributed by atoms with E-state index >= 15 is 0 Å². The number of ether oxygens (including phenoxy) is 2. The molecular formula is C17H22O6. The Morgan fingerprint density at radius 1 is 1.13 bits per heavy atom. The van der Waals surface area contributed by atoms with Crippen LogP contribution in [0.4, 0.5) is 0 Å². The third kappa shape index (κ3) is 2.73. The number of ketones is 1. The Balaban J connectivity index is 2.52. The molecule has 2 rings (SSSR count). The summed E-state index contributed by atoms with van der Waals surface area (Å²) in [5, 5.41) is 30.5. The summed E-state index contributed by atoms with van der Waals surface area (Å²) in [5.74, 6) is -0.162. The highest BCUT2D eigenvalue weighted by Gasteiger charge is 2.52. The molecule has 23 heavy (non-hydrogen) atoms. The fraction of sp³-hybridized carbons (Fsp3) is 0.471. The quantitative estimate of drug-likeness (QED) is 0.778. The molecule has 6 nitrogen and oxygen atoms in total. The maximum atomic E-state index is 12.2. The number of Topliss-reactive ketones (excluding diaryl/α,β-unsaturated/α-hetero) is 1. The van der Waals surface area contributed by atoms with Crippen LogP contribution in [0.1, 0.15) is 25.0 Å². The highest BCUT2D eigenvalue weighted by atomic mass is 16.5. The molecule has 0 fully saturated rings. The summed E-state index contributed by atoms with van der Waals surface area (Å²) in [4.78, 5) is 12.2. The molecule has 6 heteroatoms. The first kappa shape index (κ1) is 17.5. The number of carbonyl (C=O) groups excluding carboxylic acids is 1. The lowest BCUT2D eigenvalue weighted by molar-refractivity contribution is -0.170. The Morgan fingerprint density at radius 3 is 2.30 bits per heavy atom. The zero-order chi connectivity index (χ0) is 17.5. The second-order valence-corrected chi connectivity index (χ2v) is 6.06. The molecule has 0 aromatic heterocycles. The van der Waals surface area contributed by atoms with Gasteiger partial charge in [0.2, 0.25) is 0 Å². The lowest BCUT2D eigenvalue weighted by atomic mass is 9.80. The Kier molecular flexibility index (Phi) is 4.52. The van der Waals surface area contributed by atoms with Crippen molar-refractivity contribution >= 4 is 5.78 Å². The number of aliphatic hydroxyl groups excluding tert-OH is 2. The van der Waals surface area contributed by atoms with Gasteiger partial charge in [-0.05, 0) is 45.4 Å². The van der Waals surface area contributed by atoms with E-state index in [2.05, 4.69) is 0 Å². The van der Waals surface area contributed by atoms with Crippen LogP contribution < -0.4 is 4.74 Å². The highest BCUT2D eigenvalue weighted by molar-refractivity contribution is 6.01. The van der Waals surface area contributed by atoms with E-state index in [4.69, 9.17) is 9.47 Å². The summed E-state index contributed by atoms with van der Waals surface area (Å²) < 4.78 is 10.9. The van der Waals surface area contributed by atoms with Gasteiger partial charge in [-0.2, -0.15) is 0 Å². The largest absolute Gasteiger partial charge is 0.508 e. The van der Waals surface area contributed by atoms with Gasteiger partial charge >= 0.3 is 0 Å².